The second-order valence-electron chi connectivity index (χ2n) is 4.52. The maximum Gasteiger partial charge on any atom is 0.441 e. The fourth-order valence-corrected chi connectivity index (χ4v) is 1.76. The number of thioether (sulfide) groups is 1. The molecule has 0 atom stereocenters. The van der Waals surface area contributed by atoms with Gasteiger partial charge in [-0.15, -0.1) is 0 Å². The molecule has 18 heavy (non-hydrogen) atoms. The van der Waals surface area contributed by atoms with E-state index in [-0.39, 0.29) is 23.4 Å². The molecular formula is C10H20F3N3OS. The molecule has 4 N–H and O–H groups in total. The lowest BCUT2D eigenvalue weighted by Crippen LogP contribution is -2.32. The normalized spacial score (nSPS) is 13.9. The van der Waals surface area contributed by atoms with Crippen molar-refractivity contribution in [3.63, 3.8) is 0 Å². The molecule has 0 rings (SSSR count). The predicted octanol–water partition coefficient (Wildman–Crippen LogP) is 2.38. The molecule has 108 valence electrons. The van der Waals surface area contributed by atoms with Crippen LogP contribution in [0.1, 0.15) is 26.7 Å². The summed E-state index contributed by atoms with van der Waals surface area (Å²) in [7, 11) is 0. The second-order valence-corrected chi connectivity index (χ2v) is 5.68. The maximum absolute atomic E-state index is 11.8. The van der Waals surface area contributed by atoms with E-state index in [4.69, 9.17) is 10.9 Å². The third-order valence-electron chi connectivity index (χ3n) is 2.50. The summed E-state index contributed by atoms with van der Waals surface area (Å²) < 4.78 is 35.4. The molecular weight excluding hydrogens is 267 g/mol. The molecule has 0 aromatic carbocycles. The van der Waals surface area contributed by atoms with E-state index in [9.17, 15) is 13.2 Å². The van der Waals surface area contributed by atoms with Gasteiger partial charge in [-0.2, -0.15) is 13.2 Å². The first kappa shape index (κ1) is 17.4. The predicted molar refractivity (Wildman–Crippen MR) is 67.8 cm³/mol. The van der Waals surface area contributed by atoms with Gasteiger partial charge in [-0.1, -0.05) is 19.0 Å². The number of rotatable bonds is 8. The van der Waals surface area contributed by atoms with Gasteiger partial charge in [-0.3, -0.25) is 0 Å². The van der Waals surface area contributed by atoms with Crippen LogP contribution in [-0.2, 0) is 0 Å². The number of alkyl halides is 3. The molecule has 0 aliphatic heterocycles. The third kappa shape index (κ3) is 8.46. The lowest BCUT2D eigenvalue weighted by Gasteiger charge is -2.22. The Hall–Kier alpha value is -0.630. The SMILES string of the molecule is CC(C)(CCCNCCSC(F)(F)F)C(N)=NO. The van der Waals surface area contributed by atoms with Gasteiger partial charge in [0.15, 0.2) is 0 Å². The number of halogens is 3. The number of amidine groups is 1. The molecule has 0 radical (unpaired) electrons. The lowest BCUT2D eigenvalue weighted by molar-refractivity contribution is -0.0327. The van der Waals surface area contributed by atoms with E-state index in [1.54, 1.807) is 0 Å². The summed E-state index contributed by atoms with van der Waals surface area (Å²) in [5.74, 6) is 0.169. The van der Waals surface area contributed by atoms with Crippen LogP contribution in [0, 0.1) is 5.41 Å². The smallest absolute Gasteiger partial charge is 0.409 e. The Bertz CT molecular complexity index is 270. The molecule has 0 unspecified atom stereocenters. The zero-order valence-electron chi connectivity index (χ0n) is 10.5. The van der Waals surface area contributed by atoms with Crippen molar-refractivity contribution in [2.75, 3.05) is 18.8 Å². The Morgan fingerprint density at radius 2 is 1.94 bits per heavy atom. The van der Waals surface area contributed by atoms with Crippen molar-refractivity contribution in [3.05, 3.63) is 0 Å². The molecule has 4 nitrogen and oxygen atoms in total. The number of nitrogens with two attached hydrogens (primary N) is 1. The first-order valence-corrected chi connectivity index (χ1v) is 6.57. The highest BCUT2D eigenvalue weighted by Crippen LogP contribution is 2.29. The van der Waals surface area contributed by atoms with Crippen molar-refractivity contribution in [2.24, 2.45) is 16.3 Å². The second kappa shape index (κ2) is 7.73. The zero-order chi connectivity index (χ0) is 14.2. The van der Waals surface area contributed by atoms with Crippen LogP contribution in [0.25, 0.3) is 0 Å². The molecule has 0 aliphatic rings. The summed E-state index contributed by atoms with van der Waals surface area (Å²) >= 11 is -0.0290. The summed E-state index contributed by atoms with van der Waals surface area (Å²) in [5.41, 5.74) is 0.950. The summed E-state index contributed by atoms with van der Waals surface area (Å²) in [6, 6.07) is 0. The Morgan fingerprint density at radius 3 is 2.44 bits per heavy atom. The number of nitrogens with zero attached hydrogens (tertiary/aromatic N) is 1. The minimum absolute atomic E-state index is 0.00707. The third-order valence-corrected chi connectivity index (χ3v) is 3.24. The minimum Gasteiger partial charge on any atom is -0.409 e. The molecule has 0 saturated carbocycles. The van der Waals surface area contributed by atoms with Crippen LogP contribution in [0.2, 0.25) is 0 Å². The highest BCUT2D eigenvalue weighted by molar-refractivity contribution is 8.00. The average molecular weight is 287 g/mol. The Morgan fingerprint density at radius 1 is 1.33 bits per heavy atom. The summed E-state index contributed by atoms with van der Waals surface area (Å²) in [6.07, 6.45) is 1.45. The molecule has 0 heterocycles. The molecule has 8 heteroatoms. The van der Waals surface area contributed by atoms with Crippen LogP contribution in [0.15, 0.2) is 5.16 Å². The molecule has 0 fully saturated rings. The topological polar surface area (TPSA) is 70.6 Å². The first-order valence-electron chi connectivity index (χ1n) is 5.58. The van der Waals surface area contributed by atoms with Crippen molar-refractivity contribution < 1.29 is 18.4 Å². The molecule has 0 aromatic rings. The van der Waals surface area contributed by atoms with Gasteiger partial charge in [0, 0.05) is 17.7 Å². The minimum atomic E-state index is -4.16. The van der Waals surface area contributed by atoms with Crippen LogP contribution >= 0.6 is 11.8 Å². The summed E-state index contributed by atoms with van der Waals surface area (Å²) in [6.45, 7) is 4.62. The number of oxime groups is 1. The van der Waals surface area contributed by atoms with Gasteiger partial charge in [0.25, 0.3) is 0 Å². The fourth-order valence-electron chi connectivity index (χ4n) is 1.28. The van der Waals surface area contributed by atoms with E-state index in [0.717, 1.165) is 6.42 Å². The number of nitrogens with one attached hydrogen (secondary N) is 1. The fraction of sp³-hybridized carbons (Fsp3) is 0.900. The summed E-state index contributed by atoms with van der Waals surface area (Å²) in [4.78, 5) is 0. The Balaban J connectivity index is 3.58. The highest BCUT2D eigenvalue weighted by Gasteiger charge is 2.27. The standard InChI is InChI=1S/C10H20F3N3OS/c1-9(2,8(14)16-17)4-3-5-15-6-7-18-10(11,12)13/h15,17H,3-7H2,1-2H3,(H2,14,16). The Kier molecular flexibility index (Phi) is 7.46. The first-order chi connectivity index (χ1) is 8.19. The molecule has 0 spiro atoms. The molecule has 0 aliphatic carbocycles. The van der Waals surface area contributed by atoms with Crippen LogP contribution in [-0.4, -0.2) is 35.4 Å². The van der Waals surface area contributed by atoms with E-state index in [1.165, 1.54) is 0 Å². The average Bonchev–Trinajstić information content (AvgIpc) is 2.25. The van der Waals surface area contributed by atoms with Crippen LogP contribution in [0.4, 0.5) is 13.2 Å². The Labute approximate surface area is 109 Å². The van der Waals surface area contributed by atoms with Gasteiger partial charge >= 0.3 is 5.51 Å². The highest BCUT2D eigenvalue weighted by atomic mass is 32.2. The largest absolute Gasteiger partial charge is 0.441 e. The van der Waals surface area contributed by atoms with Crippen LogP contribution in [0.3, 0.4) is 0 Å². The van der Waals surface area contributed by atoms with Gasteiger partial charge in [-0.25, -0.2) is 0 Å². The van der Waals surface area contributed by atoms with Gasteiger partial charge in [-0.05, 0) is 31.1 Å². The molecule has 0 amide bonds. The van der Waals surface area contributed by atoms with Crippen LogP contribution < -0.4 is 11.1 Å². The summed E-state index contributed by atoms with van der Waals surface area (Å²) in [5, 5.41) is 14.4. The van der Waals surface area contributed by atoms with Crippen molar-refractivity contribution in [1.82, 2.24) is 5.32 Å². The monoisotopic (exact) mass is 287 g/mol. The van der Waals surface area contributed by atoms with Crippen LogP contribution in [0.5, 0.6) is 0 Å². The lowest BCUT2D eigenvalue weighted by atomic mass is 9.86. The van der Waals surface area contributed by atoms with E-state index < -0.39 is 10.9 Å². The van der Waals surface area contributed by atoms with Gasteiger partial charge in [0.05, 0.1) is 0 Å². The van der Waals surface area contributed by atoms with Crippen molar-refractivity contribution >= 4 is 17.6 Å². The molecule has 0 aromatic heterocycles. The van der Waals surface area contributed by atoms with Gasteiger partial charge < -0.3 is 16.3 Å². The quantitative estimate of drug-likeness (QED) is 0.211. The van der Waals surface area contributed by atoms with Gasteiger partial charge in [0.2, 0.25) is 0 Å². The van der Waals surface area contributed by atoms with Crippen molar-refractivity contribution in [1.29, 1.82) is 0 Å². The van der Waals surface area contributed by atoms with Gasteiger partial charge in [0.1, 0.15) is 5.84 Å². The molecule has 0 saturated heterocycles. The van der Waals surface area contributed by atoms with Crippen molar-refractivity contribution in [3.8, 4) is 0 Å². The molecule has 0 bridgehead atoms. The van der Waals surface area contributed by atoms with E-state index in [0.29, 0.717) is 19.5 Å². The number of hydrogen-bond acceptors (Lipinski definition) is 4. The maximum atomic E-state index is 11.8. The number of hydrogen-bond donors (Lipinski definition) is 3. The van der Waals surface area contributed by atoms with Crippen molar-refractivity contribution in [2.45, 2.75) is 32.2 Å². The van der Waals surface area contributed by atoms with E-state index in [2.05, 4.69) is 10.5 Å². The zero-order valence-corrected chi connectivity index (χ0v) is 11.4. The van der Waals surface area contributed by atoms with E-state index >= 15 is 0 Å². The van der Waals surface area contributed by atoms with E-state index in [1.807, 2.05) is 13.8 Å².